The summed E-state index contributed by atoms with van der Waals surface area (Å²) in [6.07, 6.45) is -2.90. The molecular formula is C34H36F3N5O6. The zero-order chi connectivity index (χ0) is 33.8. The van der Waals surface area contributed by atoms with Gasteiger partial charge in [0.1, 0.15) is 42.8 Å². The van der Waals surface area contributed by atoms with Gasteiger partial charge >= 0.3 is 18.2 Å². The number of hydrogen-bond acceptors (Lipinski definition) is 9. The maximum absolute atomic E-state index is 12.4. The molecule has 0 amide bonds. The van der Waals surface area contributed by atoms with E-state index in [0.29, 0.717) is 31.4 Å². The zero-order valence-electron chi connectivity index (χ0n) is 26.5. The third-order valence-electron chi connectivity index (χ3n) is 8.47. The van der Waals surface area contributed by atoms with Gasteiger partial charge in [0, 0.05) is 55.4 Å². The Balaban J connectivity index is 0.954. The van der Waals surface area contributed by atoms with Gasteiger partial charge in [-0.15, -0.1) is 13.2 Å². The summed E-state index contributed by atoms with van der Waals surface area (Å²) < 4.78 is 60.3. The van der Waals surface area contributed by atoms with E-state index < -0.39 is 11.3 Å². The highest BCUT2D eigenvalue weighted by Crippen LogP contribution is 2.29. The molecule has 1 fully saturated rings. The number of aromatic nitrogens is 2. The van der Waals surface area contributed by atoms with E-state index in [4.69, 9.17) is 14.2 Å². The Bertz CT molecular complexity index is 1680. The van der Waals surface area contributed by atoms with Crippen LogP contribution in [-0.4, -0.2) is 63.6 Å². The number of nitro groups is 1. The molecule has 2 aliphatic rings. The van der Waals surface area contributed by atoms with Gasteiger partial charge in [-0.1, -0.05) is 24.3 Å². The first-order chi connectivity index (χ1) is 23.0. The number of aryl methyl sites for hydroxylation is 1. The van der Waals surface area contributed by atoms with E-state index in [1.807, 2.05) is 36.4 Å². The molecule has 1 saturated heterocycles. The van der Waals surface area contributed by atoms with Crippen molar-refractivity contribution in [2.75, 3.05) is 24.6 Å². The molecule has 48 heavy (non-hydrogen) atoms. The van der Waals surface area contributed by atoms with Crippen LogP contribution in [0.4, 0.5) is 24.7 Å². The number of piperazine rings is 1. The highest BCUT2D eigenvalue weighted by molar-refractivity contribution is 5.50. The lowest BCUT2D eigenvalue weighted by Crippen LogP contribution is -2.56. The molecule has 254 valence electrons. The molecule has 0 N–H and O–H groups in total. The Kier molecular flexibility index (Phi) is 9.62. The fourth-order valence-corrected chi connectivity index (χ4v) is 5.92. The minimum Gasteiger partial charge on any atom is -0.490 e. The fraction of sp³-hybridized carbons (Fsp3) is 0.382. The van der Waals surface area contributed by atoms with E-state index in [1.54, 1.807) is 16.7 Å². The minimum atomic E-state index is -4.72. The van der Waals surface area contributed by atoms with Crippen LogP contribution in [0.25, 0.3) is 0 Å². The number of rotatable bonds is 11. The molecule has 14 heteroatoms. The molecule has 0 aliphatic carbocycles. The lowest BCUT2D eigenvalue weighted by molar-refractivity contribution is -0.389. The van der Waals surface area contributed by atoms with Crippen LogP contribution >= 0.6 is 0 Å². The third-order valence-corrected chi connectivity index (χ3v) is 8.47. The minimum absolute atomic E-state index is 0.223. The smallest absolute Gasteiger partial charge is 0.490 e. The van der Waals surface area contributed by atoms with E-state index in [2.05, 4.69) is 45.5 Å². The van der Waals surface area contributed by atoms with Crippen molar-refractivity contribution in [2.45, 2.75) is 64.5 Å². The molecular weight excluding hydrogens is 631 g/mol. The van der Waals surface area contributed by atoms with Crippen LogP contribution in [-0.2, 0) is 19.7 Å². The summed E-state index contributed by atoms with van der Waals surface area (Å²) in [4.78, 5) is 19.3. The number of ether oxygens (including phenoxy) is 4. The maximum Gasteiger partial charge on any atom is 0.573 e. The van der Waals surface area contributed by atoms with Crippen molar-refractivity contribution in [3.8, 4) is 23.3 Å². The van der Waals surface area contributed by atoms with Crippen LogP contribution in [0, 0.1) is 10.1 Å². The predicted molar refractivity (Wildman–Crippen MR) is 170 cm³/mol. The highest BCUT2D eigenvalue weighted by atomic mass is 19.4. The molecule has 3 aromatic carbocycles. The van der Waals surface area contributed by atoms with Crippen LogP contribution in [0.1, 0.15) is 31.4 Å². The molecule has 2 aliphatic heterocycles. The molecule has 0 bridgehead atoms. The van der Waals surface area contributed by atoms with Crippen molar-refractivity contribution in [3.63, 3.8) is 0 Å². The maximum atomic E-state index is 12.4. The van der Waals surface area contributed by atoms with Crippen LogP contribution in [0.15, 0.2) is 79.0 Å². The van der Waals surface area contributed by atoms with Crippen molar-refractivity contribution in [3.05, 3.63) is 100 Å². The van der Waals surface area contributed by atoms with Crippen molar-refractivity contribution < 1.29 is 37.0 Å². The first-order valence-corrected chi connectivity index (χ1v) is 15.7. The summed E-state index contributed by atoms with van der Waals surface area (Å²) in [6.45, 7) is 8.12. The van der Waals surface area contributed by atoms with Gasteiger partial charge in [0.05, 0.1) is 0 Å². The lowest BCUT2D eigenvalue weighted by Gasteiger charge is -2.45. The molecule has 4 aromatic rings. The van der Waals surface area contributed by atoms with E-state index in [-0.39, 0.29) is 36.3 Å². The van der Waals surface area contributed by atoms with Crippen LogP contribution in [0.5, 0.6) is 23.3 Å². The molecule has 3 heterocycles. The first kappa shape index (κ1) is 32.9. The SMILES string of the molecule is C[C@@H]1CN(c2ccc(OC[C@H]3CCn4cc([N+](=O)[O-])nc4O3)cc2)[C@@H](C)CN1Cc1ccc(OCc2ccc(OC(F)(F)F)cc2)cc1. The van der Waals surface area contributed by atoms with Gasteiger partial charge in [0.25, 0.3) is 0 Å². The second-order valence-electron chi connectivity index (χ2n) is 12.1. The van der Waals surface area contributed by atoms with Gasteiger partial charge in [-0.2, -0.15) is 0 Å². The van der Waals surface area contributed by atoms with E-state index in [9.17, 15) is 23.3 Å². The van der Waals surface area contributed by atoms with Crippen molar-refractivity contribution in [1.82, 2.24) is 14.5 Å². The molecule has 11 nitrogen and oxygen atoms in total. The second-order valence-corrected chi connectivity index (χ2v) is 12.1. The van der Waals surface area contributed by atoms with Gasteiger partial charge in [0.15, 0.2) is 0 Å². The summed E-state index contributed by atoms with van der Waals surface area (Å²) in [6, 6.07) is 22.4. The number of hydrogen-bond donors (Lipinski definition) is 0. The highest BCUT2D eigenvalue weighted by Gasteiger charge is 2.32. The number of benzene rings is 3. The molecule has 3 atom stereocenters. The predicted octanol–water partition coefficient (Wildman–Crippen LogP) is 6.60. The van der Waals surface area contributed by atoms with Crippen LogP contribution < -0.4 is 23.8 Å². The Morgan fingerprint density at radius 1 is 0.896 bits per heavy atom. The van der Waals surface area contributed by atoms with Crippen LogP contribution in [0.3, 0.4) is 0 Å². The average molecular weight is 668 g/mol. The monoisotopic (exact) mass is 667 g/mol. The second kappa shape index (κ2) is 14.0. The summed E-state index contributed by atoms with van der Waals surface area (Å²) in [5.74, 6) is 0.916. The van der Waals surface area contributed by atoms with Crippen molar-refractivity contribution in [2.24, 2.45) is 0 Å². The van der Waals surface area contributed by atoms with Gasteiger partial charge in [0.2, 0.25) is 0 Å². The quantitative estimate of drug-likeness (QED) is 0.129. The summed E-state index contributed by atoms with van der Waals surface area (Å²) in [5, 5.41) is 11.0. The molecule has 0 saturated carbocycles. The van der Waals surface area contributed by atoms with Gasteiger partial charge < -0.3 is 34.0 Å². The Morgan fingerprint density at radius 2 is 1.54 bits per heavy atom. The number of imidazole rings is 1. The van der Waals surface area contributed by atoms with E-state index >= 15 is 0 Å². The normalized spacial score (nSPS) is 19.7. The van der Waals surface area contributed by atoms with Crippen LogP contribution in [0.2, 0.25) is 0 Å². The lowest BCUT2D eigenvalue weighted by atomic mass is 10.1. The molecule has 0 radical (unpaired) electrons. The number of nitrogens with zero attached hydrogens (tertiary/aromatic N) is 5. The number of alkyl halides is 3. The Morgan fingerprint density at radius 3 is 2.23 bits per heavy atom. The molecule has 0 unspecified atom stereocenters. The first-order valence-electron chi connectivity index (χ1n) is 15.7. The summed E-state index contributed by atoms with van der Waals surface area (Å²) in [7, 11) is 0. The average Bonchev–Trinajstić information content (AvgIpc) is 3.49. The molecule has 1 aromatic heterocycles. The standard InChI is InChI=1S/C34H36F3N5O6/c1-23-18-41(27-7-13-29(14-8-27)46-22-31-15-16-39-20-32(42(43)44)38-33(39)47-31)24(2)17-40(23)19-25-3-9-28(10-4-25)45-21-26-5-11-30(12-6-26)48-34(35,36)37/h3-14,20,23-24,31H,15-19,21-22H2,1-2H3/t23-,24+,31-/m1/s1. The summed E-state index contributed by atoms with van der Waals surface area (Å²) in [5.41, 5.74) is 3.01. The summed E-state index contributed by atoms with van der Waals surface area (Å²) >= 11 is 0. The molecule has 0 spiro atoms. The Hall–Kier alpha value is -4.98. The van der Waals surface area contributed by atoms with E-state index in [0.717, 1.165) is 42.2 Å². The van der Waals surface area contributed by atoms with Gasteiger partial charge in [-0.05, 0) is 78.4 Å². The van der Waals surface area contributed by atoms with Crippen molar-refractivity contribution in [1.29, 1.82) is 0 Å². The number of fused-ring (bicyclic) bond motifs is 1. The fourth-order valence-electron chi connectivity index (χ4n) is 5.92. The largest absolute Gasteiger partial charge is 0.573 e. The topological polar surface area (TPSA) is 104 Å². The Labute approximate surface area is 275 Å². The van der Waals surface area contributed by atoms with Gasteiger partial charge in [-0.25, -0.2) is 0 Å². The third kappa shape index (κ3) is 8.29. The van der Waals surface area contributed by atoms with E-state index in [1.165, 1.54) is 18.3 Å². The number of halogens is 3. The zero-order valence-corrected chi connectivity index (χ0v) is 26.5. The van der Waals surface area contributed by atoms with Crippen molar-refractivity contribution >= 4 is 11.5 Å². The molecule has 6 rings (SSSR count). The van der Waals surface area contributed by atoms with Gasteiger partial charge in [-0.3, -0.25) is 9.47 Å². The number of anilines is 1.